The quantitative estimate of drug-likeness (QED) is 0.645. The maximum atomic E-state index is 12.9. The maximum absolute atomic E-state index is 12.9. The molecule has 0 heterocycles. The molecule has 1 aromatic rings. The van der Waals surface area contributed by atoms with E-state index in [-0.39, 0.29) is 0 Å². The first-order chi connectivity index (χ1) is 6.32. The zero-order valence-electron chi connectivity index (χ0n) is 7.20. The van der Waals surface area contributed by atoms with Crippen molar-refractivity contribution < 1.29 is 8.78 Å². The van der Waals surface area contributed by atoms with Crippen LogP contribution in [0.5, 0.6) is 0 Å². The molecule has 1 aromatic carbocycles. The van der Waals surface area contributed by atoms with E-state index in [1.807, 2.05) is 0 Å². The minimum absolute atomic E-state index is 0.494. The predicted molar refractivity (Wildman–Crippen MR) is 61.4 cm³/mol. The summed E-state index contributed by atoms with van der Waals surface area (Å²) in [5.41, 5.74) is 0.494. The minimum Gasteiger partial charge on any atom is -0.206 e. The maximum Gasteiger partial charge on any atom is 0.261 e. The molecule has 14 heavy (non-hydrogen) atoms. The summed E-state index contributed by atoms with van der Waals surface area (Å²) in [5, 5.41) is 0.507. The zero-order chi connectivity index (χ0) is 10.9. The van der Waals surface area contributed by atoms with E-state index in [1.165, 1.54) is 0 Å². The highest BCUT2D eigenvalue weighted by molar-refractivity contribution is 9.10. The number of halogens is 5. The number of hydrogen-bond donors (Lipinski definition) is 0. The molecule has 0 nitrogen and oxygen atoms in total. The second kappa shape index (κ2) is 4.45. The van der Waals surface area contributed by atoms with Gasteiger partial charge in [0.2, 0.25) is 0 Å². The summed E-state index contributed by atoms with van der Waals surface area (Å²) in [5.74, 6) is -2.80. The van der Waals surface area contributed by atoms with Gasteiger partial charge in [-0.2, -0.15) is 0 Å². The number of hydrogen-bond acceptors (Lipinski definition) is 0. The van der Waals surface area contributed by atoms with Gasteiger partial charge in [0.15, 0.2) is 0 Å². The van der Waals surface area contributed by atoms with Gasteiger partial charge in [0.25, 0.3) is 5.92 Å². The van der Waals surface area contributed by atoms with Crippen molar-refractivity contribution in [1.82, 2.24) is 0 Å². The monoisotopic (exact) mass is 346 g/mol. The summed E-state index contributed by atoms with van der Waals surface area (Å²) >= 11 is 11.9. The van der Waals surface area contributed by atoms with Crippen molar-refractivity contribution in [1.29, 1.82) is 0 Å². The Balaban J connectivity index is 3.03. The summed E-state index contributed by atoms with van der Waals surface area (Å²) in [6, 6.07) is 4.74. The van der Waals surface area contributed by atoms with Crippen LogP contribution in [0.25, 0.3) is 0 Å². The van der Waals surface area contributed by atoms with E-state index in [4.69, 9.17) is 11.6 Å². The normalized spacial score (nSPS) is 14.1. The standard InChI is InChI=1S/C9H7Br2ClF2/c1-9(13,14)8(11)5-2-3-7(12)6(10)4-5/h2-4,8H,1H3. The second-order valence-corrected chi connectivity index (χ2v) is 5.17. The van der Waals surface area contributed by atoms with Gasteiger partial charge in [0.05, 0.1) is 5.02 Å². The molecule has 5 heteroatoms. The van der Waals surface area contributed by atoms with E-state index in [1.54, 1.807) is 18.2 Å². The SMILES string of the molecule is CC(F)(F)C(Br)c1ccc(Cl)c(Br)c1. The van der Waals surface area contributed by atoms with Gasteiger partial charge in [-0.05, 0) is 33.6 Å². The summed E-state index contributed by atoms with van der Waals surface area (Å²) in [4.78, 5) is -0.997. The fourth-order valence-electron chi connectivity index (χ4n) is 0.963. The predicted octanol–water partition coefficient (Wildman–Crippen LogP) is 5.19. The Bertz CT molecular complexity index is 336. The van der Waals surface area contributed by atoms with E-state index >= 15 is 0 Å². The Morgan fingerprint density at radius 2 is 2.00 bits per heavy atom. The highest BCUT2D eigenvalue weighted by atomic mass is 79.9. The fourth-order valence-corrected chi connectivity index (χ4v) is 1.76. The van der Waals surface area contributed by atoms with Crippen molar-refractivity contribution in [2.45, 2.75) is 17.7 Å². The third-order valence-electron chi connectivity index (χ3n) is 1.68. The van der Waals surface area contributed by atoms with Crippen LogP contribution in [-0.2, 0) is 0 Å². The fraction of sp³-hybridized carbons (Fsp3) is 0.333. The van der Waals surface area contributed by atoms with Crippen LogP contribution >= 0.6 is 43.5 Å². The Hall–Kier alpha value is 0.330. The first kappa shape index (κ1) is 12.4. The smallest absolute Gasteiger partial charge is 0.206 e. The topological polar surface area (TPSA) is 0 Å². The van der Waals surface area contributed by atoms with Crippen LogP contribution in [0.1, 0.15) is 17.3 Å². The molecule has 78 valence electrons. The molecule has 0 aliphatic rings. The molecule has 1 atom stereocenters. The van der Waals surface area contributed by atoms with E-state index in [9.17, 15) is 8.78 Å². The highest BCUT2D eigenvalue weighted by Crippen LogP contribution is 2.39. The van der Waals surface area contributed by atoms with Crippen molar-refractivity contribution in [3.8, 4) is 0 Å². The molecule has 0 saturated heterocycles. The molecule has 0 saturated carbocycles. The van der Waals surface area contributed by atoms with E-state index < -0.39 is 10.7 Å². The molecule has 0 N–H and O–H groups in total. The third kappa shape index (κ3) is 2.91. The molecule has 0 aliphatic carbocycles. The van der Waals surface area contributed by atoms with Gasteiger partial charge in [0.1, 0.15) is 4.83 Å². The van der Waals surface area contributed by atoms with Gasteiger partial charge >= 0.3 is 0 Å². The summed E-state index contributed by atoms with van der Waals surface area (Å²) < 4.78 is 26.5. The minimum atomic E-state index is -2.80. The lowest BCUT2D eigenvalue weighted by Gasteiger charge is -2.18. The van der Waals surface area contributed by atoms with Gasteiger partial charge in [-0.3, -0.25) is 0 Å². The third-order valence-corrected chi connectivity index (χ3v) is 4.23. The molecular formula is C9H7Br2ClF2. The van der Waals surface area contributed by atoms with Crippen LogP contribution in [0.2, 0.25) is 5.02 Å². The molecule has 0 aromatic heterocycles. The van der Waals surface area contributed by atoms with Crippen LogP contribution in [0, 0.1) is 0 Å². The first-order valence-corrected chi connectivity index (χ1v) is 5.88. The van der Waals surface area contributed by atoms with E-state index in [0.29, 0.717) is 15.1 Å². The van der Waals surface area contributed by atoms with Crippen LogP contribution in [-0.4, -0.2) is 5.92 Å². The summed E-state index contributed by atoms with van der Waals surface area (Å²) in [6.07, 6.45) is 0. The van der Waals surface area contributed by atoms with Gasteiger partial charge in [-0.1, -0.05) is 33.6 Å². The summed E-state index contributed by atoms with van der Waals surface area (Å²) in [6.45, 7) is 0.870. The van der Waals surface area contributed by atoms with Crippen molar-refractivity contribution >= 4 is 43.5 Å². The molecule has 0 radical (unpaired) electrons. The number of alkyl halides is 3. The largest absolute Gasteiger partial charge is 0.261 e. The van der Waals surface area contributed by atoms with Gasteiger partial charge in [-0.25, -0.2) is 8.78 Å². The van der Waals surface area contributed by atoms with Gasteiger partial charge < -0.3 is 0 Å². The van der Waals surface area contributed by atoms with Gasteiger partial charge in [0, 0.05) is 11.4 Å². The van der Waals surface area contributed by atoms with Crippen molar-refractivity contribution in [3.63, 3.8) is 0 Å². The highest BCUT2D eigenvalue weighted by Gasteiger charge is 2.33. The molecule has 0 fully saturated rings. The van der Waals surface area contributed by atoms with Crippen LogP contribution in [0.4, 0.5) is 8.78 Å². The summed E-state index contributed by atoms with van der Waals surface area (Å²) in [7, 11) is 0. The number of rotatable bonds is 2. The Morgan fingerprint density at radius 3 is 2.43 bits per heavy atom. The zero-order valence-corrected chi connectivity index (χ0v) is 11.1. The van der Waals surface area contributed by atoms with Crippen molar-refractivity contribution in [2.24, 2.45) is 0 Å². The van der Waals surface area contributed by atoms with E-state index in [2.05, 4.69) is 31.9 Å². The van der Waals surface area contributed by atoms with Gasteiger partial charge in [-0.15, -0.1) is 0 Å². The van der Waals surface area contributed by atoms with Crippen LogP contribution in [0.15, 0.2) is 22.7 Å². The lowest BCUT2D eigenvalue weighted by molar-refractivity contribution is 0.0213. The lowest BCUT2D eigenvalue weighted by Crippen LogP contribution is -2.16. The average Bonchev–Trinajstić information content (AvgIpc) is 2.07. The molecular weight excluding hydrogens is 341 g/mol. The van der Waals surface area contributed by atoms with Crippen LogP contribution < -0.4 is 0 Å². The number of benzene rings is 1. The molecule has 0 spiro atoms. The molecule has 1 unspecified atom stereocenters. The average molecular weight is 348 g/mol. The Kier molecular flexibility index (Phi) is 3.95. The van der Waals surface area contributed by atoms with Crippen molar-refractivity contribution in [3.05, 3.63) is 33.3 Å². The Labute approximate surface area is 103 Å². The molecule has 1 rings (SSSR count). The van der Waals surface area contributed by atoms with E-state index in [0.717, 1.165) is 6.92 Å². The Morgan fingerprint density at radius 1 is 1.43 bits per heavy atom. The molecule has 0 aliphatic heterocycles. The molecule has 0 amide bonds. The molecule has 0 bridgehead atoms. The second-order valence-electron chi connectivity index (χ2n) is 2.99. The first-order valence-electron chi connectivity index (χ1n) is 3.79. The van der Waals surface area contributed by atoms with Crippen LogP contribution in [0.3, 0.4) is 0 Å². The lowest BCUT2D eigenvalue weighted by atomic mass is 10.1. The van der Waals surface area contributed by atoms with Crippen molar-refractivity contribution in [2.75, 3.05) is 0 Å².